The SMILES string of the molecule is O=c1ccn([C@H]2C[C@H](F)[C@@H](CO)O2)c(=O)[nH]1. The molecule has 3 atom stereocenters. The van der Waals surface area contributed by atoms with Crippen molar-refractivity contribution < 1.29 is 14.2 Å². The Balaban J connectivity index is 2.27. The predicted molar refractivity (Wildman–Crippen MR) is 51.8 cm³/mol. The first-order valence-corrected chi connectivity index (χ1v) is 4.83. The van der Waals surface area contributed by atoms with Crippen LogP contribution in [0.1, 0.15) is 12.6 Å². The predicted octanol–water partition coefficient (Wildman–Crippen LogP) is -0.845. The van der Waals surface area contributed by atoms with Crippen LogP contribution >= 0.6 is 0 Å². The lowest BCUT2D eigenvalue weighted by Gasteiger charge is -2.13. The Morgan fingerprint density at radius 1 is 1.62 bits per heavy atom. The topological polar surface area (TPSA) is 84.3 Å². The maximum Gasteiger partial charge on any atom is 0.330 e. The van der Waals surface area contributed by atoms with Gasteiger partial charge in [-0.2, -0.15) is 0 Å². The van der Waals surface area contributed by atoms with E-state index in [1.807, 2.05) is 0 Å². The van der Waals surface area contributed by atoms with Gasteiger partial charge in [0.15, 0.2) is 0 Å². The second-order valence-corrected chi connectivity index (χ2v) is 3.58. The molecule has 2 N–H and O–H groups in total. The number of aromatic nitrogens is 2. The Labute approximate surface area is 89.3 Å². The Morgan fingerprint density at radius 3 is 2.94 bits per heavy atom. The Hall–Kier alpha value is -1.47. The summed E-state index contributed by atoms with van der Waals surface area (Å²) < 4.78 is 19.5. The zero-order chi connectivity index (χ0) is 11.7. The van der Waals surface area contributed by atoms with Crippen molar-refractivity contribution in [2.75, 3.05) is 6.61 Å². The molecule has 1 saturated heterocycles. The highest BCUT2D eigenvalue weighted by molar-refractivity contribution is 4.88. The van der Waals surface area contributed by atoms with E-state index in [1.54, 1.807) is 0 Å². The van der Waals surface area contributed by atoms with Crippen molar-refractivity contribution in [2.45, 2.75) is 24.9 Å². The number of nitrogens with one attached hydrogen (secondary N) is 1. The van der Waals surface area contributed by atoms with Gasteiger partial charge in [-0.1, -0.05) is 0 Å². The van der Waals surface area contributed by atoms with Gasteiger partial charge in [0, 0.05) is 18.7 Å². The first-order valence-electron chi connectivity index (χ1n) is 4.83. The minimum Gasteiger partial charge on any atom is -0.394 e. The number of alkyl halides is 1. The van der Waals surface area contributed by atoms with Gasteiger partial charge >= 0.3 is 5.69 Å². The molecule has 2 heterocycles. The highest BCUT2D eigenvalue weighted by Crippen LogP contribution is 2.29. The van der Waals surface area contributed by atoms with E-state index in [0.29, 0.717) is 0 Å². The Bertz CT molecular complexity index is 483. The summed E-state index contributed by atoms with van der Waals surface area (Å²) in [6.07, 6.45) is -1.77. The van der Waals surface area contributed by atoms with Crippen LogP contribution in [0.2, 0.25) is 0 Å². The molecule has 2 rings (SSSR count). The number of H-pyrrole nitrogens is 1. The summed E-state index contributed by atoms with van der Waals surface area (Å²) >= 11 is 0. The molecule has 1 aliphatic rings. The second-order valence-electron chi connectivity index (χ2n) is 3.58. The highest BCUT2D eigenvalue weighted by atomic mass is 19.1. The smallest absolute Gasteiger partial charge is 0.330 e. The van der Waals surface area contributed by atoms with Gasteiger partial charge in [-0.25, -0.2) is 9.18 Å². The summed E-state index contributed by atoms with van der Waals surface area (Å²) in [6, 6.07) is 1.16. The molecule has 0 aromatic carbocycles. The summed E-state index contributed by atoms with van der Waals surface area (Å²) in [5, 5.41) is 8.80. The summed E-state index contributed by atoms with van der Waals surface area (Å²) in [5.74, 6) is 0. The molecule has 0 bridgehead atoms. The molecule has 88 valence electrons. The van der Waals surface area contributed by atoms with Crippen molar-refractivity contribution in [1.82, 2.24) is 9.55 Å². The molecule has 1 aromatic rings. The molecule has 0 saturated carbocycles. The zero-order valence-electron chi connectivity index (χ0n) is 8.30. The van der Waals surface area contributed by atoms with Crippen LogP contribution in [0.4, 0.5) is 4.39 Å². The molecule has 0 spiro atoms. The summed E-state index contributed by atoms with van der Waals surface area (Å²) in [5.41, 5.74) is -1.17. The van der Waals surface area contributed by atoms with Crippen LogP contribution in [0.15, 0.2) is 21.9 Å². The van der Waals surface area contributed by atoms with Crippen molar-refractivity contribution in [3.8, 4) is 0 Å². The van der Waals surface area contributed by atoms with Gasteiger partial charge in [0.25, 0.3) is 5.56 Å². The number of nitrogens with zero attached hydrogens (tertiary/aromatic N) is 1. The van der Waals surface area contributed by atoms with Crippen LogP contribution in [0, 0.1) is 0 Å². The molecule has 0 amide bonds. The number of ether oxygens (including phenoxy) is 1. The largest absolute Gasteiger partial charge is 0.394 e. The molecular weight excluding hydrogens is 219 g/mol. The van der Waals surface area contributed by atoms with Crippen LogP contribution < -0.4 is 11.2 Å². The molecular formula is C9H11FN2O4. The number of halogens is 1. The van der Waals surface area contributed by atoms with Crippen LogP contribution in [-0.4, -0.2) is 33.5 Å². The first kappa shape index (κ1) is 11.0. The standard InChI is InChI=1S/C9H11FN2O4/c10-5-3-8(16-6(5)4-13)12-2-1-7(14)11-9(12)15/h1-2,5-6,8,13H,3-4H2,(H,11,14,15)/t5-,6+,8+/m0/s1. The van der Waals surface area contributed by atoms with E-state index in [0.717, 1.165) is 10.6 Å². The maximum absolute atomic E-state index is 13.3. The van der Waals surface area contributed by atoms with Crippen molar-refractivity contribution in [3.63, 3.8) is 0 Å². The first-order chi connectivity index (χ1) is 7.61. The van der Waals surface area contributed by atoms with Gasteiger partial charge in [0.05, 0.1) is 6.61 Å². The number of aliphatic hydroxyl groups excluding tert-OH is 1. The van der Waals surface area contributed by atoms with Gasteiger partial charge in [0.2, 0.25) is 0 Å². The lowest BCUT2D eigenvalue weighted by Crippen LogP contribution is -2.31. The fourth-order valence-corrected chi connectivity index (χ4v) is 1.68. The van der Waals surface area contributed by atoms with Gasteiger partial charge in [-0.05, 0) is 0 Å². The van der Waals surface area contributed by atoms with E-state index in [9.17, 15) is 14.0 Å². The molecule has 7 heteroatoms. The third-order valence-electron chi connectivity index (χ3n) is 2.50. The van der Waals surface area contributed by atoms with Gasteiger partial charge in [-0.3, -0.25) is 14.3 Å². The molecule has 1 aliphatic heterocycles. The van der Waals surface area contributed by atoms with Gasteiger partial charge in [0.1, 0.15) is 18.5 Å². The molecule has 6 nitrogen and oxygen atoms in total. The molecule has 0 unspecified atom stereocenters. The number of aliphatic hydroxyl groups is 1. The third-order valence-corrected chi connectivity index (χ3v) is 2.50. The van der Waals surface area contributed by atoms with Crippen LogP contribution in [0.3, 0.4) is 0 Å². The van der Waals surface area contributed by atoms with Gasteiger partial charge in [-0.15, -0.1) is 0 Å². The monoisotopic (exact) mass is 230 g/mol. The number of hydrogen-bond acceptors (Lipinski definition) is 4. The van der Waals surface area contributed by atoms with E-state index < -0.39 is 36.4 Å². The Morgan fingerprint density at radius 2 is 2.38 bits per heavy atom. The van der Waals surface area contributed by atoms with E-state index in [2.05, 4.69) is 4.98 Å². The summed E-state index contributed by atoms with van der Waals surface area (Å²) in [6.45, 7) is -0.435. The maximum atomic E-state index is 13.3. The quantitative estimate of drug-likeness (QED) is 0.693. The van der Waals surface area contributed by atoms with E-state index >= 15 is 0 Å². The van der Waals surface area contributed by atoms with Crippen molar-refractivity contribution in [2.24, 2.45) is 0 Å². The number of aromatic amines is 1. The highest BCUT2D eigenvalue weighted by Gasteiger charge is 2.36. The van der Waals surface area contributed by atoms with Crippen LogP contribution in [0.25, 0.3) is 0 Å². The van der Waals surface area contributed by atoms with Crippen molar-refractivity contribution in [3.05, 3.63) is 33.1 Å². The zero-order valence-corrected chi connectivity index (χ0v) is 8.30. The normalized spacial score (nSPS) is 29.5. The van der Waals surface area contributed by atoms with Crippen LogP contribution in [0.5, 0.6) is 0 Å². The molecule has 0 aliphatic carbocycles. The van der Waals surface area contributed by atoms with Gasteiger partial charge < -0.3 is 9.84 Å². The second kappa shape index (κ2) is 4.18. The van der Waals surface area contributed by atoms with E-state index in [-0.39, 0.29) is 6.42 Å². The molecule has 1 aromatic heterocycles. The minimum absolute atomic E-state index is 0.0167. The molecule has 1 fully saturated rings. The lowest BCUT2D eigenvalue weighted by molar-refractivity contribution is -0.0356. The van der Waals surface area contributed by atoms with Crippen molar-refractivity contribution >= 4 is 0 Å². The Kier molecular flexibility index (Phi) is 2.88. The third kappa shape index (κ3) is 1.91. The average molecular weight is 230 g/mol. The summed E-state index contributed by atoms with van der Waals surface area (Å²) in [7, 11) is 0. The van der Waals surface area contributed by atoms with Crippen molar-refractivity contribution in [1.29, 1.82) is 0 Å². The molecule has 16 heavy (non-hydrogen) atoms. The fourth-order valence-electron chi connectivity index (χ4n) is 1.68. The minimum atomic E-state index is -1.31. The van der Waals surface area contributed by atoms with Crippen LogP contribution in [-0.2, 0) is 4.74 Å². The molecule has 0 radical (unpaired) electrons. The average Bonchev–Trinajstić information content (AvgIpc) is 2.59. The van der Waals surface area contributed by atoms with E-state index in [4.69, 9.17) is 9.84 Å². The van der Waals surface area contributed by atoms with E-state index in [1.165, 1.54) is 6.20 Å². The number of hydrogen-bond donors (Lipinski definition) is 2. The number of rotatable bonds is 2. The fraction of sp³-hybridized carbons (Fsp3) is 0.556. The summed E-state index contributed by atoms with van der Waals surface area (Å²) in [4.78, 5) is 24.2. The lowest BCUT2D eigenvalue weighted by atomic mass is 10.2.